The van der Waals surface area contributed by atoms with Crippen LogP contribution in [0.1, 0.15) is 69.8 Å². The molecule has 4 saturated carbocycles. The molecule has 0 amide bonds. The van der Waals surface area contributed by atoms with E-state index < -0.39 is 0 Å². The predicted octanol–water partition coefficient (Wildman–Crippen LogP) is 6.58. The molecule has 1 aromatic carbocycles. The number of piperidine rings is 1. The fraction of sp³-hybridized carbons (Fsp3) is 0.680. The largest absolute Gasteiger partial charge is 0.303 e. The molecule has 4 bridgehead atoms. The highest BCUT2D eigenvalue weighted by atomic mass is 35.5. The van der Waals surface area contributed by atoms with Crippen molar-refractivity contribution < 1.29 is 0 Å². The van der Waals surface area contributed by atoms with Gasteiger partial charge in [-0.3, -0.25) is 0 Å². The van der Waals surface area contributed by atoms with E-state index in [0.717, 1.165) is 17.8 Å². The summed E-state index contributed by atoms with van der Waals surface area (Å²) in [4.78, 5) is 2.70. The van der Waals surface area contributed by atoms with E-state index in [2.05, 4.69) is 41.3 Å². The number of hydrogen-bond donors (Lipinski definition) is 0. The Kier molecular flexibility index (Phi) is 6.00. The van der Waals surface area contributed by atoms with E-state index in [1.807, 2.05) is 0 Å². The highest BCUT2D eigenvalue weighted by Crippen LogP contribution is 2.64. The second-order valence-corrected chi connectivity index (χ2v) is 9.87. The van der Waals surface area contributed by atoms with Crippen molar-refractivity contribution in [1.29, 1.82) is 0 Å². The van der Waals surface area contributed by atoms with E-state index in [9.17, 15) is 0 Å². The second kappa shape index (κ2) is 8.29. The second-order valence-electron chi connectivity index (χ2n) is 9.87. The first-order valence-electron chi connectivity index (χ1n) is 11.3. The van der Waals surface area contributed by atoms with Crippen LogP contribution < -0.4 is 0 Å². The zero-order valence-electron chi connectivity index (χ0n) is 16.7. The summed E-state index contributed by atoms with van der Waals surface area (Å²) in [5.41, 5.74) is 3.76. The third kappa shape index (κ3) is 4.01. The number of halogens is 1. The molecule has 4 aliphatic carbocycles. The van der Waals surface area contributed by atoms with Crippen LogP contribution in [0.3, 0.4) is 0 Å². The van der Waals surface area contributed by atoms with Crippen molar-refractivity contribution in [1.82, 2.24) is 4.90 Å². The fourth-order valence-corrected chi connectivity index (χ4v) is 7.27. The van der Waals surface area contributed by atoms with Crippen LogP contribution in [-0.2, 0) is 0 Å². The molecular weight excluding hydrogens is 350 g/mol. The molecule has 0 spiro atoms. The minimum atomic E-state index is 0. The molecule has 148 valence electrons. The lowest BCUT2D eigenvalue weighted by atomic mass is 9.47. The normalized spacial score (nSPS) is 35.9. The van der Waals surface area contributed by atoms with Gasteiger partial charge in [0.05, 0.1) is 0 Å². The third-order valence-electron chi connectivity index (χ3n) is 7.94. The minimum Gasteiger partial charge on any atom is -0.303 e. The molecule has 0 atom stereocenters. The van der Waals surface area contributed by atoms with Gasteiger partial charge in [0.25, 0.3) is 0 Å². The number of likely N-dealkylation sites (tertiary alicyclic amines) is 1. The molecule has 5 aliphatic rings. The van der Waals surface area contributed by atoms with Gasteiger partial charge in [-0.15, -0.1) is 12.4 Å². The van der Waals surface area contributed by atoms with Crippen molar-refractivity contribution in [2.75, 3.05) is 19.6 Å². The average molecular weight is 386 g/mol. The first kappa shape index (κ1) is 19.5. The first-order valence-corrected chi connectivity index (χ1v) is 11.3. The molecule has 6 rings (SSSR count). The molecule has 5 fully saturated rings. The van der Waals surface area contributed by atoms with E-state index >= 15 is 0 Å². The Hall–Kier alpha value is -0.790. The number of nitrogens with zero attached hydrogens (tertiary/aromatic N) is 1. The van der Waals surface area contributed by atoms with Gasteiger partial charge in [-0.05, 0) is 105 Å². The van der Waals surface area contributed by atoms with Gasteiger partial charge in [0, 0.05) is 6.54 Å². The maximum absolute atomic E-state index is 2.70. The summed E-state index contributed by atoms with van der Waals surface area (Å²) in [6.45, 7) is 3.92. The van der Waals surface area contributed by atoms with Crippen LogP contribution in [0.15, 0.2) is 36.4 Å². The van der Waals surface area contributed by atoms with Gasteiger partial charge in [0.1, 0.15) is 0 Å². The highest BCUT2D eigenvalue weighted by Gasteiger charge is 2.52. The lowest BCUT2D eigenvalue weighted by molar-refractivity contribution is -0.0179. The van der Waals surface area contributed by atoms with Crippen molar-refractivity contribution >= 4 is 18.0 Å². The molecule has 1 aromatic rings. The van der Waals surface area contributed by atoms with Crippen LogP contribution in [0.2, 0.25) is 0 Å². The summed E-state index contributed by atoms with van der Waals surface area (Å²) in [6.07, 6.45) is 17.2. The van der Waals surface area contributed by atoms with Gasteiger partial charge in [-0.2, -0.15) is 0 Å². The maximum Gasteiger partial charge on any atom is 0.00161 e. The molecule has 0 unspecified atom stereocenters. The van der Waals surface area contributed by atoms with Crippen molar-refractivity contribution in [2.45, 2.75) is 64.2 Å². The Morgan fingerprint density at radius 3 is 2.07 bits per heavy atom. The summed E-state index contributed by atoms with van der Waals surface area (Å²) < 4.78 is 0. The summed E-state index contributed by atoms with van der Waals surface area (Å²) >= 11 is 0. The SMILES string of the molecule is C(/CCN1CCCCC1)=C(/c1ccccc1)C12CC3CC(CC(C3)C1)C2.Cl. The smallest absolute Gasteiger partial charge is 0.00161 e. The van der Waals surface area contributed by atoms with Crippen molar-refractivity contribution in [3.63, 3.8) is 0 Å². The molecular formula is C25H36ClN. The Balaban J connectivity index is 0.00000180. The number of rotatable bonds is 5. The fourth-order valence-electron chi connectivity index (χ4n) is 7.27. The highest BCUT2D eigenvalue weighted by molar-refractivity contribution is 5.85. The molecule has 2 heteroatoms. The number of benzene rings is 1. The number of hydrogen-bond acceptors (Lipinski definition) is 1. The predicted molar refractivity (Wildman–Crippen MR) is 117 cm³/mol. The van der Waals surface area contributed by atoms with Crippen LogP contribution in [-0.4, -0.2) is 24.5 Å². The van der Waals surface area contributed by atoms with Gasteiger partial charge in [-0.1, -0.05) is 42.8 Å². The van der Waals surface area contributed by atoms with Crippen LogP contribution in [0.25, 0.3) is 5.57 Å². The summed E-state index contributed by atoms with van der Waals surface area (Å²) in [5.74, 6) is 3.07. The van der Waals surface area contributed by atoms with Gasteiger partial charge >= 0.3 is 0 Å². The molecule has 27 heavy (non-hydrogen) atoms. The molecule has 1 nitrogen and oxygen atoms in total. The lowest BCUT2D eigenvalue weighted by Crippen LogP contribution is -2.46. The summed E-state index contributed by atoms with van der Waals surface area (Å²) in [7, 11) is 0. The van der Waals surface area contributed by atoms with E-state index in [0.29, 0.717) is 5.41 Å². The Morgan fingerprint density at radius 1 is 0.889 bits per heavy atom. The standard InChI is InChI=1S/C25H35N.ClH/c1-3-8-23(9-4-1)24(10-7-13-26-11-5-2-6-12-26)25-17-20-14-21(18-25)16-22(15-20)19-25;/h1,3-4,8-10,20-22H,2,5-7,11-19H2;1H/b24-10+;. The lowest BCUT2D eigenvalue weighted by Gasteiger charge is -2.58. The van der Waals surface area contributed by atoms with Gasteiger partial charge in [-0.25, -0.2) is 0 Å². The van der Waals surface area contributed by atoms with Crippen molar-refractivity contribution in [2.24, 2.45) is 23.2 Å². The maximum atomic E-state index is 2.70. The van der Waals surface area contributed by atoms with Crippen LogP contribution in [0, 0.1) is 23.2 Å². The van der Waals surface area contributed by atoms with Crippen LogP contribution in [0.5, 0.6) is 0 Å². The van der Waals surface area contributed by atoms with Crippen molar-refractivity contribution in [3.05, 3.63) is 42.0 Å². The third-order valence-corrected chi connectivity index (χ3v) is 7.94. The molecule has 0 aromatic heterocycles. The first-order chi connectivity index (χ1) is 12.8. The Bertz CT molecular complexity index is 608. The molecule has 1 saturated heterocycles. The van der Waals surface area contributed by atoms with Crippen LogP contribution >= 0.6 is 12.4 Å². The van der Waals surface area contributed by atoms with Gasteiger partial charge in [0.15, 0.2) is 0 Å². The molecule has 0 N–H and O–H groups in total. The molecule has 1 aliphatic heterocycles. The number of allylic oxidation sites excluding steroid dienone is 1. The summed E-state index contributed by atoms with van der Waals surface area (Å²) in [5, 5.41) is 0. The topological polar surface area (TPSA) is 3.24 Å². The molecule has 0 radical (unpaired) electrons. The quantitative estimate of drug-likeness (QED) is 0.552. The Labute approximate surface area is 172 Å². The monoisotopic (exact) mass is 385 g/mol. The summed E-state index contributed by atoms with van der Waals surface area (Å²) in [6, 6.07) is 11.4. The van der Waals surface area contributed by atoms with E-state index in [-0.39, 0.29) is 12.4 Å². The van der Waals surface area contributed by atoms with Crippen molar-refractivity contribution in [3.8, 4) is 0 Å². The van der Waals surface area contributed by atoms with E-state index in [1.54, 1.807) is 5.57 Å². The zero-order chi connectivity index (χ0) is 17.4. The van der Waals surface area contributed by atoms with Gasteiger partial charge in [0.2, 0.25) is 0 Å². The van der Waals surface area contributed by atoms with Crippen LogP contribution in [0.4, 0.5) is 0 Å². The average Bonchev–Trinajstić information content (AvgIpc) is 2.65. The zero-order valence-corrected chi connectivity index (χ0v) is 17.6. The molecule has 1 heterocycles. The van der Waals surface area contributed by atoms with Gasteiger partial charge < -0.3 is 4.90 Å². The Morgan fingerprint density at radius 2 is 1.48 bits per heavy atom. The van der Waals surface area contributed by atoms with E-state index in [1.165, 1.54) is 89.4 Å². The minimum absolute atomic E-state index is 0. The van der Waals surface area contributed by atoms with E-state index in [4.69, 9.17) is 0 Å².